The number of nitrogens with zero attached hydrogens (tertiary/aromatic N) is 3. The average Bonchev–Trinajstić information content (AvgIpc) is 3.47. The molecule has 3 atom stereocenters. The van der Waals surface area contributed by atoms with Gasteiger partial charge in [-0.2, -0.15) is 0 Å². The fraction of sp³-hybridized carbons (Fsp3) is 0.767. The van der Waals surface area contributed by atoms with Crippen LogP contribution in [-0.4, -0.2) is 67.1 Å². The van der Waals surface area contributed by atoms with Gasteiger partial charge in [-0.3, -0.25) is 4.79 Å². The van der Waals surface area contributed by atoms with Crippen LogP contribution < -0.4 is 9.64 Å². The zero-order chi connectivity index (χ0) is 24.6. The lowest BCUT2D eigenvalue weighted by atomic mass is 9.99. The lowest BCUT2D eigenvalue weighted by Gasteiger charge is -2.33. The monoisotopic (exact) mass is 483 g/mol. The van der Waals surface area contributed by atoms with Crippen molar-refractivity contribution in [2.24, 2.45) is 11.8 Å². The number of hydrogen-bond donors (Lipinski definition) is 0. The van der Waals surface area contributed by atoms with Crippen molar-refractivity contribution in [1.82, 2.24) is 9.80 Å². The molecule has 1 aromatic carbocycles. The molecule has 35 heavy (non-hydrogen) atoms. The number of hydrogen-bond acceptors (Lipinski definition) is 4. The highest BCUT2D eigenvalue weighted by atomic mass is 16.5. The smallest absolute Gasteiger partial charge is 0.227 e. The molecule has 196 valence electrons. The van der Waals surface area contributed by atoms with Gasteiger partial charge in [0.25, 0.3) is 0 Å². The molecule has 0 radical (unpaired) electrons. The third-order valence-electron chi connectivity index (χ3n) is 8.46. The zero-order valence-electron chi connectivity index (χ0n) is 22.6. The molecular weight excluding hydrogens is 434 g/mol. The molecule has 5 nitrogen and oxygen atoms in total. The SMILES string of the molecule is CCCC(CC)CN(CC1CC1)CC1CCC(=O)N1c1ccc(OCCCN2CCCC2C)cc1. The van der Waals surface area contributed by atoms with Crippen LogP contribution in [0.3, 0.4) is 0 Å². The minimum atomic E-state index is 0.273. The van der Waals surface area contributed by atoms with E-state index in [9.17, 15) is 4.79 Å². The van der Waals surface area contributed by atoms with E-state index >= 15 is 0 Å². The molecule has 5 heteroatoms. The van der Waals surface area contributed by atoms with E-state index < -0.39 is 0 Å². The van der Waals surface area contributed by atoms with Crippen LogP contribution in [0, 0.1) is 11.8 Å². The van der Waals surface area contributed by atoms with Crippen LogP contribution in [-0.2, 0) is 4.79 Å². The molecule has 3 aliphatic rings. The first-order chi connectivity index (χ1) is 17.1. The maximum absolute atomic E-state index is 12.9. The highest BCUT2D eigenvalue weighted by molar-refractivity contribution is 5.96. The molecule has 0 bridgehead atoms. The lowest BCUT2D eigenvalue weighted by Crippen LogP contribution is -2.44. The number of likely N-dealkylation sites (tertiary alicyclic amines) is 1. The average molecular weight is 484 g/mol. The van der Waals surface area contributed by atoms with Gasteiger partial charge < -0.3 is 19.4 Å². The molecule has 1 amide bonds. The van der Waals surface area contributed by atoms with E-state index in [1.54, 1.807) is 0 Å². The predicted octanol–water partition coefficient (Wildman–Crippen LogP) is 5.97. The van der Waals surface area contributed by atoms with Crippen molar-refractivity contribution in [3.05, 3.63) is 24.3 Å². The predicted molar refractivity (Wildman–Crippen MR) is 145 cm³/mol. The Kier molecular flexibility index (Phi) is 9.91. The van der Waals surface area contributed by atoms with E-state index in [0.29, 0.717) is 6.42 Å². The first kappa shape index (κ1) is 26.5. The van der Waals surface area contributed by atoms with Crippen molar-refractivity contribution >= 4 is 11.6 Å². The van der Waals surface area contributed by atoms with Gasteiger partial charge in [0.2, 0.25) is 5.91 Å². The molecule has 2 saturated heterocycles. The Labute approximate surface area is 214 Å². The first-order valence-corrected chi connectivity index (χ1v) is 14.6. The summed E-state index contributed by atoms with van der Waals surface area (Å²) < 4.78 is 6.03. The van der Waals surface area contributed by atoms with E-state index in [1.165, 1.54) is 64.6 Å². The quantitative estimate of drug-likeness (QED) is 0.288. The summed E-state index contributed by atoms with van der Waals surface area (Å²) in [5, 5.41) is 0. The van der Waals surface area contributed by atoms with Crippen molar-refractivity contribution in [2.75, 3.05) is 44.2 Å². The maximum Gasteiger partial charge on any atom is 0.227 e. The standard InChI is InChI=1S/C30H49N3O2/c1-4-8-25(5-2)21-31(22-26-10-11-26)23-28-14-17-30(34)33(28)27-12-15-29(16-13-27)35-20-7-19-32-18-6-9-24(32)3/h12-13,15-16,24-26,28H,4-11,14,17-23H2,1-3H3. The van der Waals surface area contributed by atoms with E-state index in [-0.39, 0.29) is 11.9 Å². The Hall–Kier alpha value is -1.59. The second-order valence-electron chi connectivity index (χ2n) is 11.4. The Morgan fingerprint density at radius 2 is 1.89 bits per heavy atom. The summed E-state index contributed by atoms with van der Waals surface area (Å²) in [5.41, 5.74) is 1.03. The lowest BCUT2D eigenvalue weighted by molar-refractivity contribution is -0.117. The number of amides is 1. The summed E-state index contributed by atoms with van der Waals surface area (Å²) in [4.78, 5) is 20.2. The number of ether oxygens (including phenoxy) is 1. The first-order valence-electron chi connectivity index (χ1n) is 14.6. The Balaban J connectivity index is 1.30. The molecule has 3 fully saturated rings. The summed E-state index contributed by atoms with van der Waals surface area (Å²) >= 11 is 0. The Bertz CT molecular complexity index is 778. The number of rotatable bonds is 15. The van der Waals surface area contributed by atoms with Crippen LogP contribution in [0.1, 0.15) is 85.0 Å². The third-order valence-corrected chi connectivity index (χ3v) is 8.46. The molecular formula is C30H49N3O2. The van der Waals surface area contributed by atoms with Crippen LogP contribution in [0.5, 0.6) is 5.75 Å². The van der Waals surface area contributed by atoms with Gasteiger partial charge in [0.15, 0.2) is 0 Å². The summed E-state index contributed by atoms with van der Waals surface area (Å²) in [6, 6.07) is 9.28. The fourth-order valence-electron chi connectivity index (χ4n) is 6.14. The van der Waals surface area contributed by atoms with Gasteiger partial charge in [-0.25, -0.2) is 0 Å². The van der Waals surface area contributed by atoms with Gasteiger partial charge in [-0.05, 0) is 94.5 Å². The van der Waals surface area contributed by atoms with Crippen molar-refractivity contribution in [3.8, 4) is 5.75 Å². The van der Waals surface area contributed by atoms with Gasteiger partial charge in [0, 0.05) is 44.3 Å². The number of carbonyl (C=O) groups is 1. The van der Waals surface area contributed by atoms with E-state index in [1.807, 2.05) is 12.1 Å². The van der Waals surface area contributed by atoms with Crippen LogP contribution >= 0.6 is 0 Å². The second kappa shape index (κ2) is 13.1. The van der Waals surface area contributed by atoms with E-state index in [4.69, 9.17) is 4.74 Å². The molecule has 2 aliphatic heterocycles. The van der Waals surface area contributed by atoms with Gasteiger partial charge in [0.1, 0.15) is 5.75 Å². The summed E-state index contributed by atoms with van der Waals surface area (Å²) in [7, 11) is 0. The van der Waals surface area contributed by atoms with Gasteiger partial charge in [-0.15, -0.1) is 0 Å². The van der Waals surface area contributed by atoms with Crippen LogP contribution in [0.15, 0.2) is 24.3 Å². The maximum atomic E-state index is 12.9. The zero-order valence-corrected chi connectivity index (χ0v) is 22.6. The molecule has 1 saturated carbocycles. The molecule has 1 aromatic rings. The van der Waals surface area contributed by atoms with Crippen molar-refractivity contribution < 1.29 is 9.53 Å². The number of carbonyl (C=O) groups excluding carboxylic acids is 1. The van der Waals surface area contributed by atoms with Crippen LogP contribution in [0.2, 0.25) is 0 Å². The van der Waals surface area contributed by atoms with Crippen LogP contribution in [0.25, 0.3) is 0 Å². The van der Waals surface area contributed by atoms with Gasteiger partial charge >= 0.3 is 0 Å². The summed E-state index contributed by atoms with van der Waals surface area (Å²) in [5.74, 6) is 2.83. The van der Waals surface area contributed by atoms with Gasteiger partial charge in [-0.1, -0.05) is 26.7 Å². The molecule has 4 rings (SSSR count). The minimum absolute atomic E-state index is 0.273. The molecule has 0 aromatic heterocycles. The summed E-state index contributed by atoms with van der Waals surface area (Å²) in [6.07, 6.45) is 11.9. The topological polar surface area (TPSA) is 36.0 Å². The summed E-state index contributed by atoms with van der Waals surface area (Å²) in [6.45, 7) is 13.5. The number of anilines is 1. The van der Waals surface area contributed by atoms with Crippen molar-refractivity contribution in [2.45, 2.75) is 97.1 Å². The molecule has 0 N–H and O–H groups in total. The molecule has 1 aliphatic carbocycles. The van der Waals surface area contributed by atoms with Crippen molar-refractivity contribution in [1.29, 1.82) is 0 Å². The largest absolute Gasteiger partial charge is 0.494 e. The molecule has 2 heterocycles. The molecule has 0 spiro atoms. The number of benzene rings is 1. The molecule has 3 unspecified atom stereocenters. The minimum Gasteiger partial charge on any atom is -0.494 e. The van der Waals surface area contributed by atoms with Crippen LogP contribution in [0.4, 0.5) is 5.69 Å². The highest BCUT2D eigenvalue weighted by Crippen LogP contribution is 2.33. The normalized spacial score (nSPS) is 24.0. The Morgan fingerprint density at radius 1 is 1.09 bits per heavy atom. The second-order valence-corrected chi connectivity index (χ2v) is 11.4. The highest BCUT2D eigenvalue weighted by Gasteiger charge is 2.35. The van der Waals surface area contributed by atoms with Crippen molar-refractivity contribution in [3.63, 3.8) is 0 Å². The third kappa shape index (κ3) is 7.69. The van der Waals surface area contributed by atoms with Gasteiger partial charge in [0.05, 0.1) is 12.6 Å². The van der Waals surface area contributed by atoms with E-state index in [0.717, 1.165) is 61.9 Å². The van der Waals surface area contributed by atoms with E-state index in [2.05, 4.69) is 47.6 Å². The fourth-order valence-corrected chi connectivity index (χ4v) is 6.14. The Morgan fingerprint density at radius 3 is 2.54 bits per heavy atom.